The molecule has 0 unspecified atom stereocenters. The number of hydrogen-bond acceptors (Lipinski definition) is 3. The van der Waals surface area contributed by atoms with Gasteiger partial charge in [-0.1, -0.05) is 13.0 Å². The highest BCUT2D eigenvalue weighted by atomic mass is 127. The van der Waals surface area contributed by atoms with E-state index in [0.29, 0.717) is 31.5 Å². The van der Waals surface area contributed by atoms with Crippen molar-refractivity contribution >= 4 is 40.8 Å². The maximum Gasteiger partial charge on any atom is 0.218 e. The van der Waals surface area contributed by atoms with Crippen LogP contribution in [-0.4, -0.2) is 36.1 Å². The van der Waals surface area contributed by atoms with Crippen LogP contribution >= 0.6 is 24.0 Å². The zero-order valence-electron chi connectivity index (χ0n) is 16.7. The van der Waals surface area contributed by atoms with E-state index in [1.807, 2.05) is 24.4 Å². The van der Waals surface area contributed by atoms with Crippen molar-refractivity contribution in [3.63, 3.8) is 0 Å². The van der Waals surface area contributed by atoms with Crippen LogP contribution in [0.25, 0.3) is 10.9 Å². The molecule has 3 aromatic rings. The summed E-state index contributed by atoms with van der Waals surface area (Å²) in [6, 6.07) is 8.69. The molecule has 1 aromatic carbocycles. The minimum Gasteiger partial charge on any atom is -0.477 e. The van der Waals surface area contributed by atoms with Crippen molar-refractivity contribution in [2.45, 2.75) is 26.3 Å². The minimum atomic E-state index is -0.235. The largest absolute Gasteiger partial charge is 0.477 e. The molecule has 0 bridgehead atoms. The van der Waals surface area contributed by atoms with E-state index in [-0.39, 0.29) is 29.8 Å². The monoisotopic (exact) mass is 511 g/mol. The highest BCUT2D eigenvalue weighted by Crippen LogP contribution is 2.19. The van der Waals surface area contributed by atoms with Gasteiger partial charge in [0.15, 0.2) is 5.96 Å². The van der Waals surface area contributed by atoms with Crippen LogP contribution in [0.2, 0.25) is 0 Å². The van der Waals surface area contributed by atoms with Gasteiger partial charge in [-0.2, -0.15) is 0 Å². The number of guanidine groups is 1. The van der Waals surface area contributed by atoms with Crippen molar-refractivity contribution in [1.82, 2.24) is 20.6 Å². The van der Waals surface area contributed by atoms with Crippen LogP contribution in [0.3, 0.4) is 0 Å². The fourth-order valence-corrected chi connectivity index (χ4v) is 2.97. The van der Waals surface area contributed by atoms with Crippen molar-refractivity contribution in [3.05, 3.63) is 59.7 Å². The smallest absolute Gasteiger partial charge is 0.218 e. The Morgan fingerprint density at radius 1 is 1.24 bits per heavy atom. The van der Waals surface area contributed by atoms with E-state index in [9.17, 15) is 4.39 Å². The molecule has 0 aliphatic rings. The first-order valence-electron chi connectivity index (χ1n) is 9.48. The molecule has 8 heteroatoms. The Hall–Kier alpha value is -2.36. The molecule has 2 heterocycles. The van der Waals surface area contributed by atoms with Gasteiger partial charge in [0, 0.05) is 49.0 Å². The zero-order chi connectivity index (χ0) is 19.8. The van der Waals surface area contributed by atoms with Gasteiger partial charge in [0.1, 0.15) is 5.82 Å². The lowest BCUT2D eigenvalue weighted by Gasteiger charge is -2.14. The average molecular weight is 511 g/mol. The molecule has 0 saturated carbocycles. The number of rotatable bonds is 8. The first kappa shape index (κ1) is 22.9. The Kier molecular flexibility index (Phi) is 9.17. The number of ether oxygens (including phenoxy) is 1. The van der Waals surface area contributed by atoms with E-state index in [2.05, 4.69) is 32.5 Å². The van der Waals surface area contributed by atoms with Gasteiger partial charge in [-0.15, -0.1) is 24.0 Å². The van der Waals surface area contributed by atoms with Gasteiger partial charge in [-0.25, -0.2) is 9.37 Å². The van der Waals surface area contributed by atoms with Crippen molar-refractivity contribution in [1.29, 1.82) is 0 Å². The van der Waals surface area contributed by atoms with Gasteiger partial charge in [-0.05, 0) is 42.7 Å². The van der Waals surface area contributed by atoms with Crippen LogP contribution in [0.4, 0.5) is 4.39 Å². The molecular weight excluding hydrogens is 484 g/mol. The molecule has 0 radical (unpaired) electrons. The number of fused-ring (bicyclic) bond motifs is 1. The fraction of sp³-hybridized carbons (Fsp3) is 0.333. The van der Waals surface area contributed by atoms with Gasteiger partial charge >= 0.3 is 0 Å². The van der Waals surface area contributed by atoms with E-state index in [1.165, 1.54) is 12.1 Å². The van der Waals surface area contributed by atoms with Crippen molar-refractivity contribution < 1.29 is 9.13 Å². The summed E-state index contributed by atoms with van der Waals surface area (Å²) in [6.07, 6.45) is 5.39. The third kappa shape index (κ3) is 6.31. The van der Waals surface area contributed by atoms with Crippen LogP contribution < -0.4 is 15.4 Å². The summed E-state index contributed by atoms with van der Waals surface area (Å²) >= 11 is 0. The number of H-pyrrole nitrogens is 1. The molecule has 3 rings (SSSR count). The molecule has 0 saturated heterocycles. The lowest BCUT2D eigenvalue weighted by molar-refractivity contribution is 0.301. The standard InChI is InChI=1S/C21H26FN5O.HI/c1-3-11-28-20-16(5-4-9-24-20)14-27-21(23-2)25-10-8-15-13-26-19-12-17(22)6-7-18(15)19;/h4-7,9,12-13,26H,3,8,10-11,14H2,1-2H3,(H2,23,25,27);1H. The van der Waals surface area contributed by atoms with E-state index in [0.717, 1.165) is 34.9 Å². The number of nitrogens with zero attached hydrogens (tertiary/aromatic N) is 2. The molecule has 29 heavy (non-hydrogen) atoms. The number of pyridine rings is 1. The Bertz CT molecular complexity index is 944. The SMILES string of the molecule is CCCOc1ncccc1CNC(=NC)NCCc1c[nH]c2cc(F)ccc12.I. The number of benzene rings is 1. The number of halogens is 2. The lowest BCUT2D eigenvalue weighted by atomic mass is 10.1. The summed E-state index contributed by atoms with van der Waals surface area (Å²) in [5, 5.41) is 7.64. The van der Waals surface area contributed by atoms with Crippen molar-refractivity contribution in [3.8, 4) is 5.88 Å². The number of nitrogens with one attached hydrogen (secondary N) is 3. The highest BCUT2D eigenvalue weighted by Gasteiger charge is 2.07. The van der Waals surface area contributed by atoms with Crippen LogP contribution in [0.15, 0.2) is 47.7 Å². The Balaban J connectivity index is 0.00000300. The number of aliphatic imine (C=N–C) groups is 1. The van der Waals surface area contributed by atoms with Gasteiger partial charge in [0.25, 0.3) is 0 Å². The highest BCUT2D eigenvalue weighted by molar-refractivity contribution is 14.0. The van der Waals surface area contributed by atoms with Gasteiger partial charge < -0.3 is 20.4 Å². The second kappa shape index (κ2) is 11.6. The first-order chi connectivity index (χ1) is 13.7. The molecule has 0 spiro atoms. The third-order valence-electron chi connectivity index (χ3n) is 4.38. The molecule has 6 nitrogen and oxygen atoms in total. The van der Waals surface area contributed by atoms with E-state index >= 15 is 0 Å². The predicted molar refractivity (Wildman–Crippen MR) is 126 cm³/mol. The van der Waals surface area contributed by atoms with Gasteiger partial charge in [0.2, 0.25) is 5.88 Å². The summed E-state index contributed by atoms with van der Waals surface area (Å²) in [5.41, 5.74) is 2.94. The first-order valence-corrected chi connectivity index (χ1v) is 9.48. The summed E-state index contributed by atoms with van der Waals surface area (Å²) in [4.78, 5) is 11.7. The van der Waals surface area contributed by atoms with Crippen LogP contribution in [0.5, 0.6) is 5.88 Å². The van der Waals surface area contributed by atoms with E-state index < -0.39 is 0 Å². The molecule has 3 N–H and O–H groups in total. The maximum absolute atomic E-state index is 13.3. The molecular formula is C21H27FIN5O. The summed E-state index contributed by atoms with van der Waals surface area (Å²) in [7, 11) is 1.74. The van der Waals surface area contributed by atoms with Crippen molar-refractivity contribution in [2.75, 3.05) is 20.2 Å². The molecule has 2 aromatic heterocycles. The second-order valence-corrected chi connectivity index (χ2v) is 6.42. The molecule has 0 aliphatic heterocycles. The molecule has 0 amide bonds. The van der Waals surface area contributed by atoms with Crippen molar-refractivity contribution in [2.24, 2.45) is 4.99 Å². The topological polar surface area (TPSA) is 74.3 Å². The van der Waals surface area contributed by atoms with Gasteiger partial charge in [-0.3, -0.25) is 4.99 Å². The number of aromatic amines is 1. The summed E-state index contributed by atoms with van der Waals surface area (Å²) in [5.74, 6) is 1.12. The van der Waals surface area contributed by atoms with E-state index in [4.69, 9.17) is 4.74 Å². The number of hydrogen-bond donors (Lipinski definition) is 3. The zero-order valence-corrected chi connectivity index (χ0v) is 19.0. The third-order valence-corrected chi connectivity index (χ3v) is 4.38. The molecule has 0 atom stereocenters. The summed E-state index contributed by atoms with van der Waals surface area (Å²) < 4.78 is 19.0. The number of aromatic nitrogens is 2. The molecule has 156 valence electrons. The fourth-order valence-electron chi connectivity index (χ4n) is 2.97. The Morgan fingerprint density at radius 3 is 2.90 bits per heavy atom. The predicted octanol–water partition coefficient (Wildman–Crippen LogP) is 4.02. The maximum atomic E-state index is 13.3. The van der Waals surface area contributed by atoms with E-state index in [1.54, 1.807) is 13.2 Å². The average Bonchev–Trinajstić information content (AvgIpc) is 3.11. The van der Waals surface area contributed by atoms with Crippen LogP contribution in [-0.2, 0) is 13.0 Å². The normalized spacial score (nSPS) is 11.2. The second-order valence-electron chi connectivity index (χ2n) is 6.42. The molecule has 0 fully saturated rings. The summed E-state index contributed by atoms with van der Waals surface area (Å²) in [6.45, 7) is 3.98. The molecule has 0 aliphatic carbocycles. The van der Waals surface area contributed by atoms with Gasteiger partial charge in [0.05, 0.1) is 6.61 Å². The van der Waals surface area contributed by atoms with Crippen LogP contribution in [0, 0.1) is 5.82 Å². The quantitative estimate of drug-likeness (QED) is 0.243. The van der Waals surface area contributed by atoms with Crippen LogP contribution in [0.1, 0.15) is 24.5 Å². The minimum absolute atomic E-state index is 0. The Morgan fingerprint density at radius 2 is 2.10 bits per heavy atom. The Labute approximate surface area is 187 Å². The lowest BCUT2D eigenvalue weighted by Crippen LogP contribution is -2.38.